The van der Waals surface area contributed by atoms with Gasteiger partial charge in [-0.2, -0.15) is 13.2 Å². The van der Waals surface area contributed by atoms with Gasteiger partial charge in [0.2, 0.25) is 5.91 Å². The van der Waals surface area contributed by atoms with Crippen molar-refractivity contribution in [1.29, 1.82) is 0 Å². The van der Waals surface area contributed by atoms with E-state index in [0.717, 1.165) is 12.1 Å². The van der Waals surface area contributed by atoms with Gasteiger partial charge in [-0.1, -0.05) is 12.1 Å². The average molecular weight is 346 g/mol. The molecule has 0 fully saturated rings. The minimum absolute atomic E-state index is 0.0101. The molecule has 0 saturated heterocycles. The third-order valence-corrected chi connectivity index (χ3v) is 3.35. The van der Waals surface area contributed by atoms with Crippen LogP contribution in [0.2, 0.25) is 0 Å². The van der Waals surface area contributed by atoms with Crippen LogP contribution in [-0.2, 0) is 22.3 Å². The highest BCUT2D eigenvalue weighted by molar-refractivity contribution is 5.80. The molecule has 0 unspecified atom stereocenters. The molecular weight excluding hydrogens is 325 g/mol. The van der Waals surface area contributed by atoms with Crippen LogP contribution < -0.4 is 0 Å². The van der Waals surface area contributed by atoms with E-state index in [2.05, 4.69) is 0 Å². The fourth-order valence-corrected chi connectivity index (χ4v) is 2.05. The second-order valence-electron chi connectivity index (χ2n) is 5.71. The Bertz CT molecular complexity index is 574. The van der Waals surface area contributed by atoms with E-state index in [1.807, 2.05) is 19.0 Å². The Balaban J connectivity index is 2.87. The number of carboxylic acid groups (broad SMARTS) is 1. The monoisotopic (exact) mass is 346 g/mol. The molecule has 0 aliphatic heterocycles. The second-order valence-corrected chi connectivity index (χ2v) is 5.71. The normalized spacial score (nSPS) is 11.6. The van der Waals surface area contributed by atoms with Crippen molar-refractivity contribution in [3.8, 4) is 0 Å². The van der Waals surface area contributed by atoms with E-state index in [1.54, 1.807) is 0 Å². The molecule has 0 aromatic heterocycles. The fraction of sp³-hybridized carbons (Fsp3) is 0.500. The molecule has 5 nitrogen and oxygen atoms in total. The Kier molecular flexibility index (Phi) is 7.21. The lowest BCUT2D eigenvalue weighted by Gasteiger charge is -2.25. The lowest BCUT2D eigenvalue weighted by molar-refractivity contribution is -0.141. The number of carbonyl (C=O) groups excluding carboxylic acids is 1. The maximum absolute atomic E-state index is 12.8. The molecule has 0 heterocycles. The third-order valence-electron chi connectivity index (χ3n) is 3.35. The highest BCUT2D eigenvalue weighted by Crippen LogP contribution is 2.29. The first-order valence-electron chi connectivity index (χ1n) is 7.40. The number of rotatable bonds is 8. The van der Waals surface area contributed by atoms with Crippen molar-refractivity contribution < 1.29 is 27.9 Å². The Morgan fingerprint density at radius 3 is 2.33 bits per heavy atom. The number of hydrogen-bond donors (Lipinski definition) is 1. The number of halogens is 3. The van der Waals surface area contributed by atoms with E-state index in [1.165, 1.54) is 17.0 Å². The van der Waals surface area contributed by atoms with Crippen molar-refractivity contribution in [3.63, 3.8) is 0 Å². The molecule has 1 aromatic rings. The van der Waals surface area contributed by atoms with E-state index in [4.69, 9.17) is 5.11 Å². The molecule has 0 bridgehead atoms. The summed E-state index contributed by atoms with van der Waals surface area (Å²) in [7, 11) is 3.62. The standard InChI is InChI=1S/C16H21F3N2O3/c1-20(2)8-9-21(14(22)6-7-15(23)24)11-12-4-3-5-13(10-12)16(17,18)19/h3-5,10H,6-9,11H2,1-2H3,(H,23,24). The SMILES string of the molecule is CN(C)CCN(Cc1cccc(C(F)(F)F)c1)C(=O)CCC(=O)O. The third kappa shape index (κ3) is 6.99. The Labute approximate surface area is 138 Å². The molecule has 0 saturated carbocycles. The maximum Gasteiger partial charge on any atom is 0.416 e. The summed E-state index contributed by atoms with van der Waals surface area (Å²) in [5.41, 5.74) is -0.419. The first-order valence-corrected chi connectivity index (χ1v) is 7.40. The van der Waals surface area contributed by atoms with Crippen molar-refractivity contribution in [1.82, 2.24) is 9.80 Å². The van der Waals surface area contributed by atoms with E-state index in [0.29, 0.717) is 18.7 Å². The Morgan fingerprint density at radius 1 is 1.12 bits per heavy atom. The first kappa shape index (κ1) is 20.0. The fourth-order valence-electron chi connectivity index (χ4n) is 2.05. The second kappa shape index (κ2) is 8.68. The van der Waals surface area contributed by atoms with Gasteiger partial charge in [-0.15, -0.1) is 0 Å². The van der Waals surface area contributed by atoms with Gasteiger partial charge in [0.25, 0.3) is 0 Å². The van der Waals surface area contributed by atoms with E-state index < -0.39 is 23.6 Å². The number of alkyl halides is 3. The summed E-state index contributed by atoms with van der Waals surface area (Å²) in [5.74, 6) is -1.48. The average Bonchev–Trinajstić information content (AvgIpc) is 2.48. The number of aliphatic carboxylic acids is 1. The number of carbonyl (C=O) groups is 2. The molecule has 0 atom stereocenters. The van der Waals surface area contributed by atoms with Crippen LogP contribution in [0.3, 0.4) is 0 Å². The van der Waals surface area contributed by atoms with E-state index in [9.17, 15) is 22.8 Å². The number of hydrogen-bond acceptors (Lipinski definition) is 3. The summed E-state index contributed by atoms with van der Waals surface area (Å²) in [6, 6.07) is 4.79. The van der Waals surface area contributed by atoms with Crippen LogP contribution in [-0.4, -0.2) is 54.0 Å². The minimum Gasteiger partial charge on any atom is -0.481 e. The first-order chi connectivity index (χ1) is 11.1. The smallest absolute Gasteiger partial charge is 0.416 e. The quantitative estimate of drug-likeness (QED) is 0.786. The molecule has 24 heavy (non-hydrogen) atoms. The van der Waals surface area contributed by atoms with Crippen molar-refractivity contribution >= 4 is 11.9 Å². The largest absolute Gasteiger partial charge is 0.481 e. The van der Waals surface area contributed by atoms with E-state index in [-0.39, 0.29) is 19.4 Å². The lowest BCUT2D eigenvalue weighted by Crippen LogP contribution is -2.36. The van der Waals surface area contributed by atoms with Gasteiger partial charge in [-0.3, -0.25) is 9.59 Å². The summed E-state index contributed by atoms with van der Waals surface area (Å²) in [6.45, 7) is 0.843. The summed E-state index contributed by atoms with van der Waals surface area (Å²) >= 11 is 0. The zero-order chi connectivity index (χ0) is 18.3. The lowest BCUT2D eigenvalue weighted by atomic mass is 10.1. The highest BCUT2D eigenvalue weighted by atomic mass is 19.4. The van der Waals surface area contributed by atoms with Crippen molar-refractivity contribution in [2.24, 2.45) is 0 Å². The van der Waals surface area contributed by atoms with Gasteiger partial charge in [0.15, 0.2) is 0 Å². The van der Waals surface area contributed by atoms with Gasteiger partial charge in [0, 0.05) is 26.1 Å². The van der Waals surface area contributed by atoms with Gasteiger partial charge < -0.3 is 14.9 Å². The van der Waals surface area contributed by atoms with Crippen LogP contribution in [0.5, 0.6) is 0 Å². The van der Waals surface area contributed by atoms with Gasteiger partial charge in [-0.05, 0) is 31.8 Å². The van der Waals surface area contributed by atoms with Crippen LogP contribution in [0.15, 0.2) is 24.3 Å². The molecule has 1 N–H and O–H groups in total. The molecule has 0 aliphatic carbocycles. The van der Waals surface area contributed by atoms with Crippen LogP contribution in [0, 0.1) is 0 Å². The van der Waals surface area contributed by atoms with Crippen LogP contribution in [0.4, 0.5) is 13.2 Å². The number of benzene rings is 1. The molecule has 1 aromatic carbocycles. The van der Waals surface area contributed by atoms with Gasteiger partial charge in [0.05, 0.1) is 12.0 Å². The summed E-state index contributed by atoms with van der Waals surface area (Å²) in [6.07, 6.45) is -4.93. The Morgan fingerprint density at radius 2 is 1.79 bits per heavy atom. The minimum atomic E-state index is -4.45. The molecule has 0 radical (unpaired) electrons. The zero-order valence-electron chi connectivity index (χ0n) is 13.6. The predicted molar refractivity (Wildman–Crippen MR) is 82.3 cm³/mol. The Hall–Kier alpha value is -2.09. The van der Waals surface area contributed by atoms with Crippen molar-refractivity contribution in [2.45, 2.75) is 25.6 Å². The van der Waals surface area contributed by atoms with Crippen LogP contribution >= 0.6 is 0 Å². The number of nitrogens with zero attached hydrogens (tertiary/aromatic N) is 2. The molecule has 1 rings (SSSR count). The molecule has 8 heteroatoms. The van der Waals surface area contributed by atoms with Crippen LogP contribution in [0.25, 0.3) is 0 Å². The van der Waals surface area contributed by atoms with Crippen LogP contribution in [0.1, 0.15) is 24.0 Å². The van der Waals surface area contributed by atoms with Gasteiger partial charge in [-0.25, -0.2) is 0 Å². The highest BCUT2D eigenvalue weighted by Gasteiger charge is 2.30. The predicted octanol–water partition coefficient (Wildman–Crippen LogP) is 2.46. The molecule has 134 valence electrons. The molecule has 0 aliphatic rings. The zero-order valence-corrected chi connectivity index (χ0v) is 13.6. The molecule has 1 amide bonds. The van der Waals surface area contributed by atoms with Crippen molar-refractivity contribution in [2.75, 3.05) is 27.2 Å². The summed E-state index contributed by atoms with van der Waals surface area (Å²) in [5, 5.41) is 8.67. The summed E-state index contributed by atoms with van der Waals surface area (Å²) < 4.78 is 38.3. The van der Waals surface area contributed by atoms with Crippen molar-refractivity contribution in [3.05, 3.63) is 35.4 Å². The van der Waals surface area contributed by atoms with Gasteiger partial charge in [0.1, 0.15) is 0 Å². The number of carboxylic acids is 1. The maximum atomic E-state index is 12.8. The molecule has 0 spiro atoms. The van der Waals surface area contributed by atoms with E-state index >= 15 is 0 Å². The van der Waals surface area contributed by atoms with Gasteiger partial charge >= 0.3 is 12.1 Å². The topological polar surface area (TPSA) is 60.9 Å². The number of likely N-dealkylation sites (N-methyl/N-ethyl adjacent to an activating group) is 1. The molecular formula is C16H21F3N2O3. The number of amides is 1. The summed E-state index contributed by atoms with van der Waals surface area (Å²) in [4.78, 5) is 26.0.